The summed E-state index contributed by atoms with van der Waals surface area (Å²) in [5.74, 6) is -0.240. The number of nitriles is 1. The molecule has 5 heteroatoms. The van der Waals surface area contributed by atoms with Crippen molar-refractivity contribution in [2.45, 2.75) is 6.92 Å². The van der Waals surface area contributed by atoms with Crippen molar-refractivity contribution in [1.29, 1.82) is 5.26 Å². The minimum atomic E-state index is -0.240. The maximum absolute atomic E-state index is 12.5. The van der Waals surface area contributed by atoms with E-state index in [0.717, 1.165) is 26.9 Å². The van der Waals surface area contributed by atoms with Crippen molar-refractivity contribution in [3.63, 3.8) is 0 Å². The summed E-state index contributed by atoms with van der Waals surface area (Å²) in [6, 6.07) is 20.7. The highest BCUT2D eigenvalue weighted by Crippen LogP contribution is 2.31. The van der Waals surface area contributed by atoms with Crippen LogP contribution in [0, 0.1) is 18.3 Å². The van der Waals surface area contributed by atoms with Gasteiger partial charge in [-0.3, -0.25) is 4.79 Å². The summed E-state index contributed by atoms with van der Waals surface area (Å²) in [7, 11) is 0. The maximum Gasteiger partial charge on any atom is 0.255 e. The Morgan fingerprint density at radius 1 is 1.11 bits per heavy atom. The monoisotopic (exact) mass is 369 g/mol. The van der Waals surface area contributed by atoms with E-state index in [1.165, 1.54) is 0 Å². The lowest BCUT2D eigenvalue weighted by Gasteiger charge is -2.10. The Kier molecular flexibility index (Phi) is 4.41. The van der Waals surface area contributed by atoms with Crippen LogP contribution in [0.4, 0.5) is 5.69 Å². The summed E-state index contributed by atoms with van der Waals surface area (Å²) in [6.07, 6.45) is 0. The van der Waals surface area contributed by atoms with Crippen molar-refractivity contribution in [2.75, 3.05) is 5.32 Å². The van der Waals surface area contributed by atoms with Gasteiger partial charge in [0.1, 0.15) is 0 Å². The van der Waals surface area contributed by atoms with Gasteiger partial charge in [-0.05, 0) is 66.1 Å². The maximum atomic E-state index is 12.5. The molecule has 0 aliphatic rings. The Morgan fingerprint density at radius 2 is 1.96 bits per heavy atom. The molecule has 130 valence electrons. The third-order valence-electron chi connectivity index (χ3n) is 4.36. The van der Waals surface area contributed by atoms with Crippen molar-refractivity contribution in [3.05, 3.63) is 82.9 Å². The summed E-state index contributed by atoms with van der Waals surface area (Å²) in [5, 5.41) is 11.9. The lowest BCUT2D eigenvalue weighted by Crippen LogP contribution is -2.12. The van der Waals surface area contributed by atoms with E-state index in [-0.39, 0.29) is 5.91 Å². The van der Waals surface area contributed by atoms with Crippen molar-refractivity contribution >= 4 is 33.1 Å². The van der Waals surface area contributed by atoms with Crippen molar-refractivity contribution in [1.82, 2.24) is 4.98 Å². The lowest BCUT2D eigenvalue weighted by atomic mass is 9.99. The zero-order valence-corrected chi connectivity index (χ0v) is 15.4. The summed E-state index contributed by atoms with van der Waals surface area (Å²) >= 11 is 1.63. The van der Waals surface area contributed by atoms with Gasteiger partial charge in [0.05, 0.1) is 27.4 Å². The number of hydrogen-bond acceptors (Lipinski definition) is 4. The molecule has 0 radical (unpaired) electrons. The van der Waals surface area contributed by atoms with Gasteiger partial charge in [-0.2, -0.15) is 5.26 Å². The van der Waals surface area contributed by atoms with Crippen LogP contribution in [-0.4, -0.2) is 10.9 Å². The van der Waals surface area contributed by atoms with Crippen LogP contribution >= 0.6 is 11.3 Å². The van der Waals surface area contributed by atoms with Gasteiger partial charge >= 0.3 is 0 Å². The van der Waals surface area contributed by atoms with E-state index in [1.807, 2.05) is 29.8 Å². The summed E-state index contributed by atoms with van der Waals surface area (Å²) in [4.78, 5) is 16.9. The number of amides is 1. The molecule has 0 atom stereocenters. The van der Waals surface area contributed by atoms with Gasteiger partial charge in [-0.25, -0.2) is 4.98 Å². The third kappa shape index (κ3) is 3.43. The number of fused-ring (bicyclic) bond motifs is 1. The van der Waals surface area contributed by atoms with Gasteiger partial charge in [0.15, 0.2) is 0 Å². The number of rotatable bonds is 3. The fourth-order valence-electron chi connectivity index (χ4n) is 3.01. The van der Waals surface area contributed by atoms with E-state index >= 15 is 0 Å². The van der Waals surface area contributed by atoms with Crippen molar-refractivity contribution < 1.29 is 4.79 Å². The molecule has 0 saturated heterocycles. The third-order valence-corrected chi connectivity index (χ3v) is 5.15. The van der Waals surface area contributed by atoms with Crippen LogP contribution in [0.5, 0.6) is 0 Å². The van der Waals surface area contributed by atoms with E-state index in [2.05, 4.69) is 35.4 Å². The minimum absolute atomic E-state index is 0.240. The van der Waals surface area contributed by atoms with Crippen LogP contribution in [0.2, 0.25) is 0 Å². The molecule has 4 nitrogen and oxygen atoms in total. The quantitative estimate of drug-likeness (QED) is 0.526. The summed E-state index contributed by atoms with van der Waals surface area (Å²) in [6.45, 7) is 2.08. The average Bonchev–Trinajstić information content (AvgIpc) is 3.14. The molecule has 0 bridgehead atoms. The largest absolute Gasteiger partial charge is 0.322 e. The van der Waals surface area contributed by atoms with Gasteiger partial charge in [0.2, 0.25) is 0 Å². The van der Waals surface area contributed by atoms with E-state index in [1.54, 1.807) is 35.6 Å². The van der Waals surface area contributed by atoms with Crippen LogP contribution in [0.15, 0.2) is 66.2 Å². The van der Waals surface area contributed by atoms with E-state index < -0.39 is 0 Å². The molecule has 0 aliphatic heterocycles. The zero-order chi connectivity index (χ0) is 18.8. The second-order valence-electron chi connectivity index (χ2n) is 6.21. The number of benzene rings is 3. The molecule has 4 aromatic rings. The van der Waals surface area contributed by atoms with Gasteiger partial charge < -0.3 is 5.32 Å². The first kappa shape index (κ1) is 17.0. The molecule has 1 heterocycles. The molecule has 0 fully saturated rings. The van der Waals surface area contributed by atoms with Crippen LogP contribution in [0.1, 0.15) is 21.5 Å². The van der Waals surface area contributed by atoms with Gasteiger partial charge in [-0.1, -0.05) is 18.2 Å². The molecule has 0 aliphatic carbocycles. The Hall–Kier alpha value is -3.49. The van der Waals surface area contributed by atoms with Crippen LogP contribution in [0.3, 0.4) is 0 Å². The van der Waals surface area contributed by atoms with Crippen molar-refractivity contribution in [2.24, 2.45) is 0 Å². The Bertz CT molecular complexity index is 1200. The minimum Gasteiger partial charge on any atom is -0.322 e. The zero-order valence-electron chi connectivity index (χ0n) is 14.6. The second-order valence-corrected chi connectivity index (χ2v) is 7.10. The van der Waals surface area contributed by atoms with E-state index in [9.17, 15) is 4.79 Å². The SMILES string of the molecule is Cc1cc2scnc2cc1-c1cccc(NC(=O)c2cccc(C#N)c2)c1. The number of aromatic nitrogens is 1. The number of nitrogens with zero attached hydrogens (tertiary/aromatic N) is 2. The van der Waals surface area contributed by atoms with Gasteiger partial charge in [-0.15, -0.1) is 11.3 Å². The highest BCUT2D eigenvalue weighted by molar-refractivity contribution is 7.16. The topological polar surface area (TPSA) is 65.8 Å². The predicted molar refractivity (Wildman–Crippen MR) is 109 cm³/mol. The molecule has 0 spiro atoms. The fraction of sp³-hybridized carbons (Fsp3) is 0.0455. The molecule has 0 unspecified atom stereocenters. The molecule has 1 amide bonds. The Balaban J connectivity index is 1.65. The average molecular weight is 369 g/mol. The first-order chi connectivity index (χ1) is 13.1. The number of anilines is 1. The Labute approximate surface area is 160 Å². The van der Waals surface area contributed by atoms with Crippen LogP contribution in [0.25, 0.3) is 21.3 Å². The number of thiazole rings is 1. The molecule has 0 saturated carbocycles. The molecular weight excluding hydrogens is 354 g/mol. The summed E-state index contributed by atoms with van der Waals surface area (Å²) < 4.78 is 1.16. The van der Waals surface area contributed by atoms with Crippen LogP contribution < -0.4 is 5.32 Å². The fourth-order valence-corrected chi connectivity index (χ4v) is 3.77. The molecule has 1 aromatic heterocycles. The first-order valence-electron chi connectivity index (χ1n) is 8.40. The van der Waals surface area contributed by atoms with Gasteiger partial charge in [0, 0.05) is 11.3 Å². The van der Waals surface area contributed by atoms with Crippen LogP contribution in [-0.2, 0) is 0 Å². The van der Waals surface area contributed by atoms with E-state index in [4.69, 9.17) is 5.26 Å². The molecule has 4 rings (SSSR count). The number of carbonyl (C=O) groups is 1. The van der Waals surface area contributed by atoms with Gasteiger partial charge in [0.25, 0.3) is 5.91 Å². The van der Waals surface area contributed by atoms with Crippen molar-refractivity contribution in [3.8, 4) is 17.2 Å². The smallest absolute Gasteiger partial charge is 0.255 e. The molecular formula is C22H15N3OS. The summed E-state index contributed by atoms with van der Waals surface area (Å²) in [5.41, 5.74) is 7.72. The molecule has 27 heavy (non-hydrogen) atoms. The highest BCUT2D eigenvalue weighted by atomic mass is 32.1. The first-order valence-corrected chi connectivity index (χ1v) is 9.28. The second kappa shape index (κ2) is 7.02. The van der Waals surface area contributed by atoms with E-state index in [0.29, 0.717) is 16.8 Å². The standard InChI is InChI=1S/C22H15N3OS/c1-14-8-21-20(24-13-27-21)11-19(14)16-5-3-7-18(10-16)25-22(26)17-6-2-4-15(9-17)12-23/h2-11,13H,1H3,(H,25,26). The number of hydrogen-bond donors (Lipinski definition) is 1. The predicted octanol–water partition coefficient (Wildman–Crippen LogP) is 5.40. The number of nitrogens with one attached hydrogen (secondary N) is 1. The Morgan fingerprint density at radius 3 is 2.81 bits per heavy atom. The lowest BCUT2D eigenvalue weighted by molar-refractivity contribution is 0.102. The normalized spacial score (nSPS) is 10.5. The number of aryl methyl sites for hydroxylation is 1. The number of carbonyl (C=O) groups excluding carboxylic acids is 1. The highest BCUT2D eigenvalue weighted by Gasteiger charge is 2.10. The molecule has 1 N–H and O–H groups in total. The molecule has 3 aromatic carbocycles.